The van der Waals surface area contributed by atoms with E-state index in [-0.39, 0.29) is 12.1 Å². The lowest BCUT2D eigenvalue weighted by molar-refractivity contribution is -0.141. The third-order valence-corrected chi connectivity index (χ3v) is 3.93. The first-order valence-electron chi connectivity index (χ1n) is 7.11. The van der Waals surface area contributed by atoms with Gasteiger partial charge < -0.3 is 10.2 Å². The molecule has 2 aliphatic rings. The van der Waals surface area contributed by atoms with Gasteiger partial charge in [0.05, 0.1) is 6.04 Å². The van der Waals surface area contributed by atoms with Crippen LogP contribution in [0.5, 0.6) is 0 Å². The van der Waals surface area contributed by atoms with Gasteiger partial charge in [0, 0.05) is 25.3 Å². The predicted molar refractivity (Wildman–Crippen MR) is 68.6 cm³/mol. The zero-order chi connectivity index (χ0) is 15.0. The fourth-order valence-electron chi connectivity index (χ4n) is 2.52. The van der Waals surface area contributed by atoms with Gasteiger partial charge in [0.15, 0.2) is 5.69 Å². The summed E-state index contributed by atoms with van der Waals surface area (Å²) in [5, 5.41) is 6.52. The lowest BCUT2D eigenvalue weighted by atomic mass is 10.1. The Bertz CT molecular complexity index is 516. The molecule has 8 heteroatoms. The smallest absolute Gasteiger partial charge is 0.335 e. The number of urea groups is 1. The maximum atomic E-state index is 12.5. The molecule has 21 heavy (non-hydrogen) atoms. The second-order valence-corrected chi connectivity index (χ2v) is 5.62. The van der Waals surface area contributed by atoms with E-state index in [4.69, 9.17) is 0 Å². The van der Waals surface area contributed by atoms with Gasteiger partial charge in [-0.05, 0) is 31.7 Å². The maximum Gasteiger partial charge on any atom is 0.435 e. The highest BCUT2D eigenvalue weighted by molar-refractivity contribution is 5.74. The van der Waals surface area contributed by atoms with Crippen LogP contribution in [0.25, 0.3) is 0 Å². The van der Waals surface area contributed by atoms with Crippen LogP contribution in [-0.2, 0) is 6.18 Å². The van der Waals surface area contributed by atoms with Crippen LogP contribution in [0.4, 0.5) is 18.0 Å². The summed E-state index contributed by atoms with van der Waals surface area (Å²) in [6, 6.07) is 1.17. The first-order chi connectivity index (χ1) is 9.93. The number of halogens is 3. The number of amides is 2. The normalized spacial score (nSPS) is 20.6. The highest BCUT2D eigenvalue weighted by Crippen LogP contribution is 2.29. The number of likely N-dealkylation sites (tertiary alicyclic amines) is 1. The van der Waals surface area contributed by atoms with E-state index in [0.29, 0.717) is 32.0 Å². The Morgan fingerprint density at radius 1 is 1.24 bits per heavy atom. The Morgan fingerprint density at radius 3 is 2.43 bits per heavy atom. The number of piperidine rings is 1. The van der Waals surface area contributed by atoms with Crippen LogP contribution in [0.1, 0.15) is 37.4 Å². The molecule has 0 aromatic carbocycles. The van der Waals surface area contributed by atoms with E-state index in [1.54, 1.807) is 4.90 Å². The van der Waals surface area contributed by atoms with Crippen molar-refractivity contribution in [3.05, 3.63) is 18.0 Å². The largest absolute Gasteiger partial charge is 0.435 e. The van der Waals surface area contributed by atoms with Crippen molar-refractivity contribution in [2.75, 3.05) is 13.1 Å². The summed E-state index contributed by atoms with van der Waals surface area (Å²) in [7, 11) is 0. The first kappa shape index (κ1) is 14.2. The number of alkyl halides is 3. The molecule has 1 aromatic heterocycles. The number of aromatic nitrogens is 2. The fraction of sp³-hybridized carbons (Fsp3) is 0.692. The van der Waals surface area contributed by atoms with E-state index >= 15 is 0 Å². The molecule has 0 bridgehead atoms. The number of hydrogen-bond donors (Lipinski definition) is 1. The Kier molecular flexibility index (Phi) is 3.54. The second-order valence-electron chi connectivity index (χ2n) is 5.62. The predicted octanol–water partition coefficient (Wildman–Crippen LogP) is 2.41. The summed E-state index contributed by atoms with van der Waals surface area (Å²) in [4.78, 5) is 13.6. The van der Waals surface area contributed by atoms with Crippen LogP contribution in [0, 0.1) is 0 Å². The molecule has 2 fully saturated rings. The van der Waals surface area contributed by atoms with Crippen LogP contribution in [-0.4, -0.2) is 39.8 Å². The number of rotatable bonds is 2. The van der Waals surface area contributed by atoms with Crippen molar-refractivity contribution in [2.45, 2.75) is 43.9 Å². The topological polar surface area (TPSA) is 50.2 Å². The minimum Gasteiger partial charge on any atom is -0.335 e. The second kappa shape index (κ2) is 5.23. The third kappa shape index (κ3) is 3.30. The summed E-state index contributed by atoms with van der Waals surface area (Å²) in [6.07, 6.45) is 0.281. The van der Waals surface area contributed by atoms with E-state index in [9.17, 15) is 18.0 Å². The highest BCUT2D eigenvalue weighted by Gasteiger charge is 2.35. The van der Waals surface area contributed by atoms with Crippen LogP contribution in [0.2, 0.25) is 0 Å². The molecule has 0 radical (unpaired) electrons. The van der Waals surface area contributed by atoms with Crippen LogP contribution < -0.4 is 5.32 Å². The summed E-state index contributed by atoms with van der Waals surface area (Å²) < 4.78 is 39.0. The average Bonchev–Trinajstić information content (AvgIpc) is 3.09. The van der Waals surface area contributed by atoms with Crippen LogP contribution in [0.15, 0.2) is 12.3 Å². The summed E-state index contributed by atoms with van der Waals surface area (Å²) in [5.74, 6) is 0. The number of nitrogens with one attached hydrogen (secondary N) is 1. The van der Waals surface area contributed by atoms with E-state index in [1.165, 1.54) is 10.9 Å². The quantitative estimate of drug-likeness (QED) is 0.912. The van der Waals surface area contributed by atoms with Crippen molar-refractivity contribution < 1.29 is 18.0 Å². The van der Waals surface area contributed by atoms with Gasteiger partial charge in [0.1, 0.15) is 0 Å². The van der Waals surface area contributed by atoms with Crippen molar-refractivity contribution in [1.29, 1.82) is 0 Å². The van der Waals surface area contributed by atoms with Crippen LogP contribution in [0.3, 0.4) is 0 Å². The van der Waals surface area contributed by atoms with E-state index in [1.807, 2.05) is 0 Å². The molecular weight excluding hydrogens is 285 g/mol. The van der Waals surface area contributed by atoms with E-state index in [0.717, 1.165) is 18.9 Å². The van der Waals surface area contributed by atoms with Crippen molar-refractivity contribution in [3.8, 4) is 0 Å². The van der Waals surface area contributed by atoms with Crippen molar-refractivity contribution in [1.82, 2.24) is 20.0 Å². The van der Waals surface area contributed by atoms with Crippen molar-refractivity contribution in [2.24, 2.45) is 0 Å². The Balaban J connectivity index is 1.55. The number of nitrogens with zero attached hydrogens (tertiary/aromatic N) is 3. The van der Waals surface area contributed by atoms with Crippen LogP contribution >= 0.6 is 0 Å². The molecule has 1 aromatic rings. The summed E-state index contributed by atoms with van der Waals surface area (Å²) >= 11 is 0. The number of carbonyl (C=O) groups is 1. The third-order valence-electron chi connectivity index (χ3n) is 3.93. The maximum absolute atomic E-state index is 12.5. The van der Waals surface area contributed by atoms with Gasteiger partial charge in [-0.25, -0.2) is 4.79 Å². The summed E-state index contributed by atoms with van der Waals surface area (Å²) in [5.41, 5.74) is -0.864. The Hall–Kier alpha value is -1.73. The van der Waals surface area contributed by atoms with Gasteiger partial charge in [0.25, 0.3) is 0 Å². The fourth-order valence-corrected chi connectivity index (χ4v) is 2.52. The zero-order valence-electron chi connectivity index (χ0n) is 11.4. The summed E-state index contributed by atoms with van der Waals surface area (Å²) in [6.45, 7) is 1.09. The molecule has 2 amide bonds. The molecule has 1 aliphatic heterocycles. The molecule has 2 heterocycles. The monoisotopic (exact) mass is 302 g/mol. The minimum absolute atomic E-state index is 0.0626. The Labute approximate surface area is 120 Å². The molecular formula is C13H17F3N4O. The van der Waals surface area contributed by atoms with Gasteiger partial charge >= 0.3 is 12.2 Å². The molecule has 3 rings (SSSR count). The van der Waals surface area contributed by atoms with Gasteiger partial charge in [-0.2, -0.15) is 18.3 Å². The first-order valence-corrected chi connectivity index (χ1v) is 7.11. The lowest BCUT2D eigenvalue weighted by Gasteiger charge is -2.32. The number of hydrogen-bond acceptors (Lipinski definition) is 2. The van der Waals surface area contributed by atoms with Gasteiger partial charge in [-0.15, -0.1) is 0 Å². The SMILES string of the molecule is O=C(NC1CC1)N1CCC(n2ccc(C(F)(F)F)n2)CC1. The lowest BCUT2D eigenvalue weighted by Crippen LogP contribution is -2.45. The molecule has 5 nitrogen and oxygen atoms in total. The molecule has 116 valence electrons. The molecule has 0 atom stereocenters. The van der Waals surface area contributed by atoms with Crippen molar-refractivity contribution in [3.63, 3.8) is 0 Å². The van der Waals surface area contributed by atoms with Gasteiger partial charge in [-0.3, -0.25) is 4.68 Å². The minimum atomic E-state index is -4.41. The number of carbonyl (C=O) groups excluding carboxylic acids is 1. The molecule has 0 unspecified atom stereocenters. The molecule has 1 aliphatic carbocycles. The molecule has 0 spiro atoms. The standard InChI is InChI=1S/C13H17F3N4O/c14-13(15,16)11-5-8-20(18-11)10-3-6-19(7-4-10)12(21)17-9-1-2-9/h5,8-10H,1-4,6-7H2,(H,17,21). The Morgan fingerprint density at radius 2 is 1.90 bits per heavy atom. The molecule has 1 saturated carbocycles. The average molecular weight is 302 g/mol. The van der Waals surface area contributed by atoms with E-state index < -0.39 is 11.9 Å². The van der Waals surface area contributed by atoms with Gasteiger partial charge in [0.2, 0.25) is 0 Å². The van der Waals surface area contributed by atoms with E-state index in [2.05, 4.69) is 10.4 Å². The van der Waals surface area contributed by atoms with Gasteiger partial charge in [-0.1, -0.05) is 0 Å². The van der Waals surface area contributed by atoms with Crippen molar-refractivity contribution >= 4 is 6.03 Å². The zero-order valence-corrected chi connectivity index (χ0v) is 11.4. The highest BCUT2D eigenvalue weighted by atomic mass is 19.4. The molecule has 1 N–H and O–H groups in total. The molecule has 1 saturated heterocycles.